The Morgan fingerprint density at radius 3 is 2.67 bits per heavy atom. The molecule has 1 aromatic heterocycles. The van der Waals surface area contributed by atoms with Crippen molar-refractivity contribution in [3.05, 3.63) is 21.9 Å². The molecule has 0 spiro atoms. The molecule has 6 heteroatoms. The molecule has 1 aromatic rings. The molecule has 21 heavy (non-hydrogen) atoms. The molecule has 0 aliphatic carbocycles. The number of likely N-dealkylation sites (N-methyl/N-ethyl adjacent to an activating group) is 1. The van der Waals surface area contributed by atoms with Crippen LogP contribution in [0.1, 0.15) is 30.2 Å². The largest absolute Gasteiger partial charge is 0.355 e. The van der Waals surface area contributed by atoms with Crippen molar-refractivity contribution < 1.29 is 0 Å². The number of nitrogens with one attached hydrogen (secondary N) is 2. The lowest BCUT2D eigenvalue weighted by molar-refractivity contribution is 0.332. The average Bonchev–Trinajstić information content (AvgIpc) is 2.85. The number of nitrogens with zero attached hydrogens (tertiary/aromatic N) is 2. The first-order valence-electron chi connectivity index (χ1n) is 7.33. The van der Waals surface area contributed by atoms with E-state index in [0.29, 0.717) is 0 Å². The quantitative estimate of drug-likeness (QED) is 0.383. The highest BCUT2D eigenvalue weighted by molar-refractivity contribution is 14.0. The number of halogens is 1. The molecule has 0 aliphatic heterocycles. The van der Waals surface area contributed by atoms with E-state index in [1.54, 1.807) is 11.3 Å². The third-order valence-electron chi connectivity index (χ3n) is 3.29. The summed E-state index contributed by atoms with van der Waals surface area (Å²) >= 11 is 1.79. The Kier molecular flexibility index (Phi) is 12.0. The minimum absolute atomic E-state index is 0. The topological polar surface area (TPSA) is 39.7 Å². The molecule has 1 rings (SSSR count). The Morgan fingerprint density at radius 2 is 2.10 bits per heavy atom. The van der Waals surface area contributed by atoms with Crippen molar-refractivity contribution in [1.82, 2.24) is 15.5 Å². The van der Waals surface area contributed by atoms with Gasteiger partial charge in [0.1, 0.15) is 0 Å². The Morgan fingerprint density at radius 1 is 1.33 bits per heavy atom. The van der Waals surface area contributed by atoms with Gasteiger partial charge in [0.15, 0.2) is 5.96 Å². The van der Waals surface area contributed by atoms with Crippen LogP contribution in [-0.2, 0) is 6.54 Å². The van der Waals surface area contributed by atoms with Gasteiger partial charge >= 0.3 is 0 Å². The summed E-state index contributed by atoms with van der Waals surface area (Å²) in [5, 5.41) is 8.85. The van der Waals surface area contributed by atoms with Crippen molar-refractivity contribution in [3.8, 4) is 0 Å². The first kappa shape index (κ1) is 20.7. The van der Waals surface area contributed by atoms with Crippen LogP contribution in [-0.4, -0.2) is 44.6 Å². The number of aliphatic imine (C=N–C) groups is 1. The summed E-state index contributed by atoms with van der Waals surface area (Å²) in [4.78, 5) is 7.98. The molecular weight excluding hydrogens is 395 g/mol. The fourth-order valence-electron chi connectivity index (χ4n) is 1.87. The van der Waals surface area contributed by atoms with Gasteiger partial charge in [0, 0.05) is 25.0 Å². The van der Waals surface area contributed by atoms with Crippen LogP contribution >= 0.6 is 35.3 Å². The van der Waals surface area contributed by atoms with Crippen molar-refractivity contribution in [3.63, 3.8) is 0 Å². The van der Waals surface area contributed by atoms with Crippen molar-refractivity contribution in [1.29, 1.82) is 0 Å². The summed E-state index contributed by atoms with van der Waals surface area (Å²) < 4.78 is 0. The number of rotatable bonds is 8. The van der Waals surface area contributed by atoms with E-state index in [1.165, 1.54) is 29.8 Å². The third kappa shape index (κ3) is 8.63. The highest BCUT2D eigenvalue weighted by Crippen LogP contribution is 2.14. The minimum Gasteiger partial charge on any atom is -0.355 e. The molecule has 4 nitrogen and oxygen atoms in total. The second kappa shape index (κ2) is 12.2. The van der Waals surface area contributed by atoms with E-state index in [0.717, 1.165) is 25.6 Å². The lowest BCUT2D eigenvalue weighted by Gasteiger charge is -2.17. The zero-order valence-electron chi connectivity index (χ0n) is 13.6. The van der Waals surface area contributed by atoms with Gasteiger partial charge in [-0.3, -0.25) is 4.99 Å². The molecule has 0 atom stereocenters. The summed E-state index contributed by atoms with van der Waals surface area (Å²) in [5.74, 6) is 0.877. The van der Waals surface area contributed by atoms with E-state index in [4.69, 9.17) is 0 Å². The summed E-state index contributed by atoms with van der Waals surface area (Å²) in [6.45, 7) is 8.34. The summed E-state index contributed by atoms with van der Waals surface area (Å²) in [5.41, 5.74) is 1.34. The molecule has 0 amide bonds. The van der Waals surface area contributed by atoms with Crippen LogP contribution in [0.2, 0.25) is 0 Å². The van der Waals surface area contributed by atoms with Gasteiger partial charge in [-0.25, -0.2) is 0 Å². The first-order chi connectivity index (χ1) is 9.67. The van der Waals surface area contributed by atoms with Gasteiger partial charge in [0.2, 0.25) is 0 Å². The van der Waals surface area contributed by atoms with E-state index in [-0.39, 0.29) is 24.0 Å². The summed E-state index contributed by atoms with van der Waals surface area (Å²) in [7, 11) is 3.99. The van der Waals surface area contributed by atoms with Crippen molar-refractivity contribution in [2.45, 2.75) is 33.2 Å². The van der Waals surface area contributed by atoms with Crippen LogP contribution in [0.4, 0.5) is 0 Å². The number of thiophene rings is 1. The standard InChI is InChI=1S/C15H28N4S.HI/c1-5-6-9-19(4)10-8-17-15(16-3)18-12-14-13(2)7-11-20-14;/h7,11H,5-6,8-10,12H2,1-4H3,(H2,16,17,18);1H. The minimum atomic E-state index is 0. The first-order valence-corrected chi connectivity index (χ1v) is 8.21. The van der Waals surface area contributed by atoms with Crippen LogP contribution in [0.25, 0.3) is 0 Å². The maximum absolute atomic E-state index is 4.26. The van der Waals surface area contributed by atoms with Crippen LogP contribution in [0.15, 0.2) is 16.4 Å². The molecule has 0 saturated carbocycles. The van der Waals surface area contributed by atoms with Gasteiger partial charge in [-0.2, -0.15) is 0 Å². The van der Waals surface area contributed by atoms with Crippen molar-refractivity contribution in [2.24, 2.45) is 4.99 Å². The number of hydrogen-bond acceptors (Lipinski definition) is 3. The van der Waals surface area contributed by atoms with Gasteiger partial charge in [0.25, 0.3) is 0 Å². The van der Waals surface area contributed by atoms with Gasteiger partial charge in [-0.1, -0.05) is 13.3 Å². The smallest absolute Gasteiger partial charge is 0.191 e. The molecular formula is C15H29IN4S. The van der Waals surface area contributed by atoms with Crippen LogP contribution < -0.4 is 10.6 Å². The Bertz CT molecular complexity index is 406. The second-order valence-corrected chi connectivity index (χ2v) is 6.04. The van der Waals surface area contributed by atoms with Gasteiger partial charge in [0.05, 0.1) is 6.54 Å². The molecule has 0 fully saturated rings. The lowest BCUT2D eigenvalue weighted by atomic mass is 10.3. The van der Waals surface area contributed by atoms with E-state index < -0.39 is 0 Å². The molecule has 0 unspecified atom stereocenters. The van der Waals surface area contributed by atoms with Crippen LogP contribution in [0.5, 0.6) is 0 Å². The van der Waals surface area contributed by atoms with Crippen molar-refractivity contribution >= 4 is 41.3 Å². The highest BCUT2D eigenvalue weighted by Gasteiger charge is 2.02. The lowest BCUT2D eigenvalue weighted by Crippen LogP contribution is -2.40. The molecule has 1 heterocycles. The third-order valence-corrected chi connectivity index (χ3v) is 4.31. The maximum Gasteiger partial charge on any atom is 0.191 e. The molecule has 0 saturated heterocycles. The summed E-state index contributed by atoms with van der Waals surface area (Å²) in [6, 6.07) is 2.15. The number of guanidine groups is 1. The van der Waals surface area contributed by atoms with Crippen LogP contribution in [0.3, 0.4) is 0 Å². The van der Waals surface area contributed by atoms with E-state index in [1.807, 2.05) is 7.05 Å². The van der Waals surface area contributed by atoms with Gasteiger partial charge in [-0.05, 0) is 43.9 Å². The summed E-state index contributed by atoms with van der Waals surface area (Å²) in [6.07, 6.45) is 2.52. The average molecular weight is 424 g/mol. The Labute approximate surface area is 150 Å². The fourth-order valence-corrected chi connectivity index (χ4v) is 2.72. The van der Waals surface area contributed by atoms with Crippen molar-refractivity contribution in [2.75, 3.05) is 33.7 Å². The SMILES string of the molecule is CCCCN(C)CCNC(=NC)NCc1sccc1C.I. The fraction of sp³-hybridized carbons (Fsp3) is 0.667. The van der Waals surface area contributed by atoms with Gasteiger partial charge in [-0.15, -0.1) is 35.3 Å². The van der Waals surface area contributed by atoms with E-state index in [9.17, 15) is 0 Å². The molecule has 0 aromatic carbocycles. The predicted octanol–water partition coefficient (Wildman–Crippen LogP) is 3.07. The second-order valence-electron chi connectivity index (χ2n) is 5.04. The molecule has 0 radical (unpaired) electrons. The van der Waals surface area contributed by atoms with Gasteiger partial charge < -0.3 is 15.5 Å². The highest BCUT2D eigenvalue weighted by atomic mass is 127. The predicted molar refractivity (Wildman–Crippen MR) is 105 cm³/mol. The number of unbranched alkanes of at least 4 members (excludes halogenated alkanes) is 1. The molecule has 122 valence electrons. The molecule has 2 N–H and O–H groups in total. The Balaban J connectivity index is 0.00000400. The molecule has 0 aliphatic rings. The zero-order chi connectivity index (χ0) is 14.8. The zero-order valence-corrected chi connectivity index (χ0v) is 16.8. The van der Waals surface area contributed by atoms with E-state index >= 15 is 0 Å². The van der Waals surface area contributed by atoms with Crippen LogP contribution in [0, 0.1) is 6.92 Å². The van der Waals surface area contributed by atoms with E-state index in [2.05, 4.69) is 52.9 Å². The number of hydrogen-bond donors (Lipinski definition) is 2. The molecule has 0 bridgehead atoms. The maximum atomic E-state index is 4.26. The number of aryl methyl sites for hydroxylation is 1. The monoisotopic (exact) mass is 424 g/mol. The Hall–Kier alpha value is -0.340. The normalized spacial score (nSPS) is 11.4.